The maximum Gasteiger partial charge on any atom is 0.242 e. The van der Waals surface area contributed by atoms with E-state index < -0.39 is 6.04 Å². The van der Waals surface area contributed by atoms with Crippen LogP contribution in [0.25, 0.3) is 0 Å². The average molecular weight is 324 g/mol. The molecule has 1 heterocycles. The number of nitrogens with one attached hydrogen (secondary N) is 1. The van der Waals surface area contributed by atoms with E-state index >= 15 is 0 Å². The minimum absolute atomic E-state index is 0.000417. The van der Waals surface area contributed by atoms with Crippen molar-refractivity contribution in [2.75, 3.05) is 40.0 Å². The molecule has 0 spiro atoms. The first kappa shape index (κ1) is 17.8. The molecule has 1 aromatic rings. The van der Waals surface area contributed by atoms with Crippen molar-refractivity contribution < 1.29 is 18.7 Å². The van der Waals surface area contributed by atoms with Crippen molar-refractivity contribution >= 4 is 5.91 Å². The molecule has 5 nitrogen and oxygen atoms in total. The molecule has 0 saturated carbocycles. The molecule has 1 saturated heterocycles. The van der Waals surface area contributed by atoms with E-state index in [4.69, 9.17) is 9.47 Å². The van der Waals surface area contributed by atoms with Crippen molar-refractivity contribution in [3.05, 3.63) is 35.6 Å². The van der Waals surface area contributed by atoms with Crippen LogP contribution in [-0.2, 0) is 14.3 Å². The zero-order valence-corrected chi connectivity index (χ0v) is 13.8. The molecule has 6 heteroatoms. The summed E-state index contributed by atoms with van der Waals surface area (Å²) in [6.07, 6.45) is 0.737. The summed E-state index contributed by atoms with van der Waals surface area (Å²) in [5.41, 5.74) is 0.670. The molecule has 0 aliphatic carbocycles. The van der Waals surface area contributed by atoms with E-state index in [0.717, 1.165) is 6.42 Å². The molecule has 0 bridgehead atoms. The lowest BCUT2D eigenvalue weighted by atomic mass is 10.0. The maximum absolute atomic E-state index is 13.6. The molecule has 2 rings (SSSR count). The zero-order chi connectivity index (χ0) is 16.7. The lowest BCUT2D eigenvalue weighted by Crippen LogP contribution is -2.47. The Balaban J connectivity index is 2.13. The van der Waals surface area contributed by atoms with E-state index in [0.29, 0.717) is 38.5 Å². The third-order valence-electron chi connectivity index (χ3n) is 3.97. The van der Waals surface area contributed by atoms with Gasteiger partial charge in [0.15, 0.2) is 0 Å². The van der Waals surface area contributed by atoms with Crippen LogP contribution in [0.15, 0.2) is 24.3 Å². The lowest BCUT2D eigenvalue weighted by molar-refractivity contribution is -0.129. The fourth-order valence-corrected chi connectivity index (χ4v) is 2.73. The van der Waals surface area contributed by atoms with Gasteiger partial charge in [-0.25, -0.2) is 4.39 Å². The number of rotatable bonds is 7. The molecule has 1 amide bonds. The predicted octanol–water partition coefficient (Wildman–Crippen LogP) is 1.74. The van der Waals surface area contributed by atoms with Crippen LogP contribution in [0.3, 0.4) is 0 Å². The minimum Gasteiger partial charge on any atom is -0.385 e. The Labute approximate surface area is 136 Å². The summed E-state index contributed by atoms with van der Waals surface area (Å²) < 4.78 is 24.0. The summed E-state index contributed by atoms with van der Waals surface area (Å²) in [6, 6.07) is 5.75. The van der Waals surface area contributed by atoms with Crippen molar-refractivity contribution in [2.24, 2.45) is 0 Å². The molecule has 1 fully saturated rings. The third kappa shape index (κ3) is 5.27. The highest BCUT2D eigenvalue weighted by Gasteiger charge is 2.29. The number of carbonyl (C=O) groups is 1. The van der Waals surface area contributed by atoms with Gasteiger partial charge in [0, 0.05) is 32.8 Å². The van der Waals surface area contributed by atoms with E-state index in [1.807, 2.05) is 11.8 Å². The third-order valence-corrected chi connectivity index (χ3v) is 3.97. The van der Waals surface area contributed by atoms with Crippen molar-refractivity contribution in [1.82, 2.24) is 10.2 Å². The van der Waals surface area contributed by atoms with Gasteiger partial charge in [-0.2, -0.15) is 0 Å². The smallest absolute Gasteiger partial charge is 0.242 e. The van der Waals surface area contributed by atoms with Crippen molar-refractivity contribution in [1.29, 1.82) is 0 Å². The van der Waals surface area contributed by atoms with Crippen LogP contribution in [0.4, 0.5) is 4.39 Å². The highest BCUT2D eigenvalue weighted by Crippen LogP contribution is 2.23. The van der Waals surface area contributed by atoms with Gasteiger partial charge in [-0.3, -0.25) is 9.69 Å². The van der Waals surface area contributed by atoms with E-state index in [9.17, 15) is 9.18 Å². The summed E-state index contributed by atoms with van der Waals surface area (Å²) in [4.78, 5) is 14.8. The predicted molar refractivity (Wildman–Crippen MR) is 85.6 cm³/mol. The Morgan fingerprint density at radius 3 is 2.83 bits per heavy atom. The summed E-state index contributed by atoms with van der Waals surface area (Å²) in [5.74, 6) is -0.443. The zero-order valence-electron chi connectivity index (χ0n) is 13.8. The van der Waals surface area contributed by atoms with Crippen LogP contribution in [0.2, 0.25) is 0 Å². The first-order chi connectivity index (χ1) is 11.1. The Bertz CT molecular complexity index is 506. The fraction of sp³-hybridized carbons (Fsp3) is 0.588. The minimum atomic E-state index is -0.500. The first-order valence-corrected chi connectivity index (χ1v) is 7.98. The van der Waals surface area contributed by atoms with Crippen molar-refractivity contribution in [3.63, 3.8) is 0 Å². The molecule has 23 heavy (non-hydrogen) atoms. The number of hydrogen-bond donors (Lipinski definition) is 1. The molecule has 0 aromatic heterocycles. The van der Waals surface area contributed by atoms with Crippen LogP contribution in [0, 0.1) is 5.82 Å². The maximum atomic E-state index is 13.6. The Hall–Kier alpha value is -1.50. The largest absolute Gasteiger partial charge is 0.385 e. The number of ether oxygens (including phenoxy) is 2. The number of halogens is 1. The highest BCUT2D eigenvalue weighted by atomic mass is 19.1. The molecule has 1 N–H and O–H groups in total. The normalized spacial score (nSPS) is 18.4. The lowest BCUT2D eigenvalue weighted by Gasteiger charge is -2.34. The van der Waals surface area contributed by atoms with Crippen molar-refractivity contribution in [3.8, 4) is 0 Å². The number of morpholine rings is 1. The van der Waals surface area contributed by atoms with E-state index in [1.54, 1.807) is 19.2 Å². The second-order valence-electron chi connectivity index (χ2n) is 5.80. The summed E-state index contributed by atoms with van der Waals surface area (Å²) in [7, 11) is 1.64. The van der Waals surface area contributed by atoms with Crippen LogP contribution >= 0.6 is 0 Å². The molecule has 2 atom stereocenters. The van der Waals surface area contributed by atoms with E-state index in [2.05, 4.69) is 5.32 Å². The van der Waals surface area contributed by atoms with E-state index in [1.165, 1.54) is 12.1 Å². The van der Waals surface area contributed by atoms with Crippen LogP contribution in [0.1, 0.15) is 24.9 Å². The van der Waals surface area contributed by atoms with Crippen LogP contribution in [-0.4, -0.2) is 56.9 Å². The fourth-order valence-electron chi connectivity index (χ4n) is 2.73. The summed E-state index contributed by atoms with van der Waals surface area (Å²) in [5, 5.41) is 3.01. The average Bonchev–Trinajstić information content (AvgIpc) is 2.54. The molecular weight excluding hydrogens is 299 g/mol. The second kappa shape index (κ2) is 8.96. The molecule has 1 aliphatic rings. The first-order valence-electron chi connectivity index (χ1n) is 7.98. The topological polar surface area (TPSA) is 50.8 Å². The Morgan fingerprint density at radius 1 is 1.43 bits per heavy atom. The Kier molecular flexibility index (Phi) is 6.95. The highest BCUT2D eigenvalue weighted by molar-refractivity contribution is 5.83. The van der Waals surface area contributed by atoms with Gasteiger partial charge in [0.25, 0.3) is 0 Å². The Morgan fingerprint density at radius 2 is 2.17 bits per heavy atom. The molecule has 0 unspecified atom stereocenters. The van der Waals surface area contributed by atoms with E-state index in [-0.39, 0.29) is 17.8 Å². The number of methoxy groups -OCH3 is 1. The number of nitrogens with zero attached hydrogens (tertiary/aromatic N) is 1. The number of benzene rings is 1. The standard InChI is InChI=1S/C17H25FN2O3/c1-13(6-9-22-2)19-17(21)16(20-7-10-23-11-8-20)14-4-3-5-15(18)12-14/h3-5,12-13,16H,6-11H2,1-2H3,(H,19,21)/t13-,16-/m0/s1. The van der Waals surface area contributed by atoms with Gasteiger partial charge in [0.05, 0.1) is 13.2 Å². The summed E-state index contributed by atoms with van der Waals surface area (Å²) in [6.45, 7) is 5.00. The monoisotopic (exact) mass is 324 g/mol. The summed E-state index contributed by atoms with van der Waals surface area (Å²) >= 11 is 0. The number of carbonyl (C=O) groups excluding carboxylic acids is 1. The van der Waals surface area contributed by atoms with Crippen molar-refractivity contribution in [2.45, 2.75) is 25.4 Å². The SMILES string of the molecule is COCC[C@H](C)NC(=O)[C@H](c1cccc(F)c1)N1CCOCC1. The van der Waals surface area contributed by atoms with Gasteiger partial charge < -0.3 is 14.8 Å². The van der Waals surface area contributed by atoms with Gasteiger partial charge >= 0.3 is 0 Å². The van der Waals surface area contributed by atoms with Gasteiger partial charge in [0.1, 0.15) is 11.9 Å². The molecular formula is C17H25FN2O3. The number of hydrogen-bond acceptors (Lipinski definition) is 4. The van der Waals surface area contributed by atoms with Gasteiger partial charge in [-0.15, -0.1) is 0 Å². The molecule has 1 aromatic carbocycles. The van der Waals surface area contributed by atoms with Gasteiger partial charge in [-0.05, 0) is 31.0 Å². The molecule has 0 radical (unpaired) electrons. The van der Waals surface area contributed by atoms with Crippen LogP contribution < -0.4 is 5.32 Å². The molecule has 1 aliphatic heterocycles. The second-order valence-corrected chi connectivity index (χ2v) is 5.80. The quantitative estimate of drug-likeness (QED) is 0.830. The number of amides is 1. The van der Waals surface area contributed by atoms with Crippen LogP contribution in [0.5, 0.6) is 0 Å². The van der Waals surface area contributed by atoms with Gasteiger partial charge in [0.2, 0.25) is 5.91 Å². The molecule has 128 valence electrons. The van der Waals surface area contributed by atoms with Gasteiger partial charge in [-0.1, -0.05) is 12.1 Å².